The number of fused-ring (bicyclic) bond motifs is 1. The Balaban J connectivity index is 2.41. The monoisotopic (exact) mass is 315 g/mol. The van der Waals surface area contributed by atoms with E-state index in [4.69, 9.17) is 23.8 Å². The van der Waals surface area contributed by atoms with Crippen molar-refractivity contribution in [3.63, 3.8) is 0 Å². The van der Waals surface area contributed by atoms with Gasteiger partial charge in [0.1, 0.15) is 5.82 Å². The predicted octanol–water partition coefficient (Wildman–Crippen LogP) is 4.15. The molecule has 0 spiro atoms. The lowest BCUT2D eigenvalue weighted by molar-refractivity contribution is 0.491. The first-order valence-corrected chi connectivity index (χ1v) is 6.17. The molecule has 1 aromatic carbocycles. The first-order chi connectivity index (χ1) is 9.47. The van der Waals surface area contributed by atoms with Crippen molar-refractivity contribution in [1.82, 2.24) is 14.5 Å². The zero-order valence-corrected chi connectivity index (χ0v) is 11.2. The number of imidazole rings is 1. The highest BCUT2D eigenvalue weighted by Gasteiger charge is 2.17. The van der Waals surface area contributed by atoms with Gasteiger partial charge in [-0.2, -0.15) is 0 Å². The minimum absolute atomic E-state index is 0.0543. The normalized spacial score (nSPS) is 11.2. The third-order valence-corrected chi connectivity index (χ3v) is 3.20. The van der Waals surface area contributed by atoms with E-state index >= 15 is 0 Å². The molecule has 0 fully saturated rings. The van der Waals surface area contributed by atoms with Gasteiger partial charge in [0.05, 0.1) is 16.2 Å². The molecule has 8 heteroatoms. The van der Waals surface area contributed by atoms with Gasteiger partial charge in [0.25, 0.3) is 0 Å². The van der Waals surface area contributed by atoms with Crippen molar-refractivity contribution < 1.29 is 13.2 Å². The van der Waals surface area contributed by atoms with Crippen molar-refractivity contribution in [3.8, 4) is 5.69 Å². The number of halogens is 4. The number of aromatic nitrogens is 3. The highest BCUT2D eigenvalue weighted by atomic mass is 35.5. The van der Waals surface area contributed by atoms with Gasteiger partial charge in [0.15, 0.2) is 22.1 Å². The molecule has 0 unspecified atom stereocenters. The van der Waals surface area contributed by atoms with Gasteiger partial charge < -0.3 is 4.98 Å². The molecule has 0 aliphatic heterocycles. The molecule has 0 atom stereocenters. The third-order valence-electron chi connectivity index (χ3n) is 2.70. The van der Waals surface area contributed by atoms with Gasteiger partial charge in [0.2, 0.25) is 0 Å². The third kappa shape index (κ3) is 1.99. The average molecular weight is 316 g/mol. The summed E-state index contributed by atoms with van der Waals surface area (Å²) in [5.74, 6) is -3.42. The van der Waals surface area contributed by atoms with E-state index in [1.54, 1.807) is 0 Å². The van der Waals surface area contributed by atoms with E-state index in [9.17, 15) is 13.2 Å². The SMILES string of the molecule is Fc1cc(F)c(F)c(-n2c(=S)[nH]c3cc(Cl)cnc32)c1. The van der Waals surface area contributed by atoms with Crippen LogP contribution < -0.4 is 0 Å². The molecule has 3 aromatic rings. The number of nitrogens with one attached hydrogen (secondary N) is 1. The van der Waals surface area contributed by atoms with E-state index in [0.717, 1.165) is 10.6 Å². The summed E-state index contributed by atoms with van der Waals surface area (Å²) in [7, 11) is 0. The van der Waals surface area contributed by atoms with Gasteiger partial charge in [-0.15, -0.1) is 0 Å². The van der Waals surface area contributed by atoms with Crippen LogP contribution in [0.1, 0.15) is 0 Å². The van der Waals surface area contributed by atoms with Crippen LogP contribution in [0.25, 0.3) is 16.9 Å². The summed E-state index contributed by atoms with van der Waals surface area (Å²) < 4.78 is 41.6. The van der Waals surface area contributed by atoms with Gasteiger partial charge in [-0.1, -0.05) is 11.6 Å². The van der Waals surface area contributed by atoms with Crippen LogP contribution in [0.5, 0.6) is 0 Å². The van der Waals surface area contributed by atoms with Crippen LogP contribution in [0, 0.1) is 22.2 Å². The molecule has 0 saturated carbocycles. The van der Waals surface area contributed by atoms with Gasteiger partial charge in [-0.05, 0) is 18.3 Å². The van der Waals surface area contributed by atoms with Crippen LogP contribution >= 0.6 is 23.8 Å². The molecule has 3 nitrogen and oxygen atoms in total. The standard InChI is InChI=1S/C12H5ClF3N3S/c13-5-1-8-11(17-4-5)19(12(20)18-8)9-3-6(14)2-7(15)10(9)16/h1-4H,(H,18,20). The van der Waals surface area contributed by atoms with Crippen molar-refractivity contribution in [2.45, 2.75) is 0 Å². The fourth-order valence-corrected chi connectivity index (χ4v) is 2.35. The maximum atomic E-state index is 13.9. The number of rotatable bonds is 1. The summed E-state index contributed by atoms with van der Waals surface area (Å²) >= 11 is 10.8. The first-order valence-electron chi connectivity index (χ1n) is 5.38. The number of hydrogen-bond donors (Lipinski definition) is 1. The van der Waals surface area contributed by atoms with Crippen molar-refractivity contribution in [2.24, 2.45) is 0 Å². The Morgan fingerprint density at radius 2 is 1.95 bits per heavy atom. The Labute approximate surface area is 120 Å². The number of pyridine rings is 1. The summed E-state index contributed by atoms with van der Waals surface area (Å²) in [6.07, 6.45) is 1.33. The topological polar surface area (TPSA) is 33.6 Å². The Hall–Kier alpha value is -1.86. The van der Waals surface area contributed by atoms with Crippen molar-refractivity contribution >= 4 is 35.0 Å². The van der Waals surface area contributed by atoms with E-state index in [2.05, 4.69) is 9.97 Å². The smallest absolute Gasteiger partial charge is 0.184 e. The lowest BCUT2D eigenvalue weighted by atomic mass is 10.2. The second-order valence-corrected chi connectivity index (χ2v) is 4.83. The molecule has 3 rings (SSSR count). The van der Waals surface area contributed by atoms with Gasteiger partial charge >= 0.3 is 0 Å². The van der Waals surface area contributed by atoms with Crippen LogP contribution in [0.15, 0.2) is 24.4 Å². The highest BCUT2D eigenvalue weighted by Crippen LogP contribution is 2.24. The number of hydrogen-bond acceptors (Lipinski definition) is 2. The number of H-pyrrole nitrogens is 1. The minimum atomic E-state index is -1.30. The van der Waals surface area contributed by atoms with Crippen molar-refractivity contribution in [1.29, 1.82) is 0 Å². The van der Waals surface area contributed by atoms with E-state index < -0.39 is 17.5 Å². The Bertz CT molecular complexity index is 888. The van der Waals surface area contributed by atoms with E-state index in [0.29, 0.717) is 16.6 Å². The van der Waals surface area contributed by atoms with Crippen LogP contribution in [0.4, 0.5) is 13.2 Å². The summed E-state index contributed by atoms with van der Waals surface area (Å²) in [4.78, 5) is 6.75. The highest BCUT2D eigenvalue weighted by molar-refractivity contribution is 7.71. The van der Waals surface area contributed by atoms with Gasteiger partial charge in [-0.3, -0.25) is 4.57 Å². The van der Waals surface area contributed by atoms with E-state index in [1.807, 2.05) is 0 Å². The fourth-order valence-electron chi connectivity index (χ4n) is 1.90. The molecule has 0 aliphatic carbocycles. The maximum absolute atomic E-state index is 13.9. The number of benzene rings is 1. The average Bonchev–Trinajstić information content (AvgIpc) is 2.69. The Morgan fingerprint density at radius 1 is 1.20 bits per heavy atom. The number of nitrogens with zero attached hydrogens (tertiary/aromatic N) is 2. The minimum Gasteiger partial charge on any atom is -0.329 e. The van der Waals surface area contributed by atoms with Crippen LogP contribution in [-0.4, -0.2) is 14.5 Å². The Kier molecular flexibility index (Phi) is 3.02. The lowest BCUT2D eigenvalue weighted by Crippen LogP contribution is -2.02. The molecule has 0 saturated heterocycles. The quantitative estimate of drug-likeness (QED) is 0.540. The molecule has 2 aromatic heterocycles. The molecule has 0 radical (unpaired) electrons. The van der Waals surface area contributed by atoms with Crippen molar-refractivity contribution in [2.75, 3.05) is 0 Å². The second-order valence-electron chi connectivity index (χ2n) is 4.01. The largest absolute Gasteiger partial charge is 0.329 e. The molecule has 102 valence electrons. The van der Waals surface area contributed by atoms with Crippen LogP contribution in [-0.2, 0) is 0 Å². The lowest BCUT2D eigenvalue weighted by Gasteiger charge is -2.06. The van der Waals surface area contributed by atoms with E-state index in [1.165, 1.54) is 12.3 Å². The molecule has 0 bridgehead atoms. The summed E-state index contributed by atoms with van der Waals surface area (Å²) in [5.41, 5.74) is 0.309. The predicted molar refractivity (Wildman–Crippen MR) is 71.1 cm³/mol. The van der Waals surface area contributed by atoms with Gasteiger partial charge in [-0.25, -0.2) is 18.2 Å². The van der Waals surface area contributed by atoms with Gasteiger partial charge in [0, 0.05) is 18.3 Å². The molecule has 0 amide bonds. The first kappa shape index (κ1) is 13.1. The molecule has 20 heavy (non-hydrogen) atoms. The molecule has 1 N–H and O–H groups in total. The van der Waals surface area contributed by atoms with Crippen LogP contribution in [0.2, 0.25) is 5.02 Å². The molecule has 2 heterocycles. The Morgan fingerprint density at radius 3 is 2.70 bits per heavy atom. The molecular weight excluding hydrogens is 311 g/mol. The molecule has 0 aliphatic rings. The second kappa shape index (κ2) is 4.60. The summed E-state index contributed by atoms with van der Waals surface area (Å²) in [5, 5.41) is 0.354. The summed E-state index contributed by atoms with van der Waals surface area (Å²) in [6, 6.07) is 2.84. The summed E-state index contributed by atoms with van der Waals surface area (Å²) in [6.45, 7) is 0. The molecular formula is C12H5ClF3N3S. The maximum Gasteiger partial charge on any atom is 0.184 e. The number of aromatic amines is 1. The van der Waals surface area contributed by atoms with Crippen LogP contribution in [0.3, 0.4) is 0 Å². The fraction of sp³-hybridized carbons (Fsp3) is 0. The zero-order chi connectivity index (χ0) is 14.4. The van der Waals surface area contributed by atoms with Crippen molar-refractivity contribution in [3.05, 3.63) is 51.6 Å². The van der Waals surface area contributed by atoms with E-state index in [-0.39, 0.29) is 16.1 Å². The zero-order valence-electron chi connectivity index (χ0n) is 9.62.